The number of hydrogen-bond donors (Lipinski definition) is 1. The first kappa shape index (κ1) is 23.5. The van der Waals surface area contributed by atoms with E-state index >= 15 is 0 Å². The van der Waals surface area contributed by atoms with Crippen molar-refractivity contribution in [1.82, 2.24) is 0 Å². The van der Waals surface area contributed by atoms with Crippen molar-refractivity contribution in [1.29, 1.82) is 0 Å². The molecule has 5 rings (SSSR count). The van der Waals surface area contributed by atoms with E-state index in [0.29, 0.717) is 4.88 Å². The molecule has 0 atom stereocenters. The highest BCUT2D eigenvalue weighted by atomic mass is 32.1. The molecule has 3 aromatic carbocycles. The molecule has 0 fully saturated rings. The highest BCUT2D eigenvalue weighted by Gasteiger charge is 2.18. The monoisotopic (exact) mass is 517 g/mol. The van der Waals surface area contributed by atoms with Crippen LogP contribution in [-0.2, 0) is 0 Å². The summed E-state index contributed by atoms with van der Waals surface area (Å²) < 4.78 is 11.9. The molecular formula is C28H23NO3S3. The van der Waals surface area contributed by atoms with E-state index in [4.69, 9.17) is 9.47 Å². The van der Waals surface area contributed by atoms with Crippen molar-refractivity contribution in [2.24, 2.45) is 0 Å². The van der Waals surface area contributed by atoms with Crippen LogP contribution in [0.15, 0.2) is 78.9 Å². The molecule has 35 heavy (non-hydrogen) atoms. The minimum Gasteiger partial charge on any atom is -0.497 e. The van der Waals surface area contributed by atoms with Crippen LogP contribution in [0.4, 0.5) is 17.1 Å². The lowest BCUT2D eigenvalue weighted by Gasteiger charge is -2.26. The van der Waals surface area contributed by atoms with Crippen molar-refractivity contribution < 1.29 is 14.3 Å². The molecule has 7 heteroatoms. The lowest BCUT2D eigenvalue weighted by Crippen LogP contribution is -2.09. The van der Waals surface area contributed by atoms with Crippen LogP contribution < -0.4 is 14.4 Å². The first-order valence-electron chi connectivity index (χ1n) is 10.9. The zero-order valence-corrected chi connectivity index (χ0v) is 22.0. The predicted molar refractivity (Wildman–Crippen MR) is 151 cm³/mol. The van der Waals surface area contributed by atoms with Gasteiger partial charge in [0.25, 0.3) is 0 Å². The van der Waals surface area contributed by atoms with Gasteiger partial charge >= 0.3 is 0 Å². The lowest BCUT2D eigenvalue weighted by molar-refractivity contribution is 0.109. The maximum absolute atomic E-state index is 11.8. The molecule has 0 bridgehead atoms. The second kappa shape index (κ2) is 9.77. The van der Waals surface area contributed by atoms with Gasteiger partial charge < -0.3 is 14.4 Å². The van der Waals surface area contributed by atoms with E-state index in [-0.39, 0.29) is 5.12 Å². The average Bonchev–Trinajstić information content (AvgIpc) is 3.46. The van der Waals surface area contributed by atoms with Crippen LogP contribution in [-0.4, -0.2) is 19.3 Å². The van der Waals surface area contributed by atoms with Gasteiger partial charge in [-0.15, -0.1) is 22.7 Å². The van der Waals surface area contributed by atoms with Crippen molar-refractivity contribution in [2.45, 2.75) is 6.92 Å². The molecule has 0 aliphatic heterocycles. The number of thiol groups is 1. The fourth-order valence-corrected chi connectivity index (χ4v) is 6.52. The van der Waals surface area contributed by atoms with Crippen LogP contribution in [0.25, 0.3) is 20.5 Å². The Hall–Kier alpha value is -3.26. The predicted octanol–water partition coefficient (Wildman–Crippen LogP) is 8.50. The first-order chi connectivity index (χ1) is 17.0. The molecule has 0 aliphatic carbocycles. The number of aryl methyl sites for hydroxylation is 1. The zero-order valence-electron chi connectivity index (χ0n) is 19.4. The largest absolute Gasteiger partial charge is 0.497 e. The molecule has 0 amide bonds. The molecule has 0 radical (unpaired) electrons. The van der Waals surface area contributed by atoms with E-state index < -0.39 is 0 Å². The Balaban J connectivity index is 1.56. The highest BCUT2D eigenvalue weighted by Crippen LogP contribution is 2.44. The number of thiophene rings is 2. The fraction of sp³-hybridized carbons (Fsp3) is 0.107. The third-order valence-electron chi connectivity index (χ3n) is 5.81. The number of carbonyl (C=O) groups is 1. The molecule has 2 heterocycles. The van der Waals surface area contributed by atoms with Crippen molar-refractivity contribution in [2.75, 3.05) is 19.1 Å². The summed E-state index contributed by atoms with van der Waals surface area (Å²) in [4.78, 5) is 17.1. The SMILES string of the molecule is COc1ccc(N(c2ccc(OC)cc2)c2ccc(-c3sc(C)c4sc(C(=O)S)cc34)cc2)cc1. The molecule has 0 unspecified atom stereocenters. The van der Waals surface area contributed by atoms with E-state index in [9.17, 15) is 4.79 Å². The Bertz CT molecular complexity index is 1440. The van der Waals surface area contributed by atoms with Gasteiger partial charge in [-0.2, -0.15) is 0 Å². The highest BCUT2D eigenvalue weighted by molar-refractivity contribution is 7.97. The van der Waals surface area contributed by atoms with Gasteiger partial charge in [-0.25, -0.2) is 0 Å². The van der Waals surface area contributed by atoms with Crippen LogP contribution in [0, 0.1) is 6.92 Å². The van der Waals surface area contributed by atoms with Gasteiger partial charge in [-0.1, -0.05) is 24.8 Å². The number of methoxy groups -OCH3 is 2. The zero-order chi connectivity index (χ0) is 24.5. The molecule has 0 aliphatic rings. The third kappa shape index (κ3) is 4.55. The number of hydrogen-bond acceptors (Lipinski definition) is 6. The Kier molecular flexibility index (Phi) is 6.56. The van der Waals surface area contributed by atoms with Gasteiger partial charge in [-0.3, -0.25) is 4.79 Å². The van der Waals surface area contributed by atoms with Gasteiger partial charge in [0, 0.05) is 36.9 Å². The van der Waals surface area contributed by atoms with Crippen LogP contribution in [0.5, 0.6) is 11.5 Å². The minimum atomic E-state index is -0.188. The quantitative estimate of drug-likeness (QED) is 0.220. The number of ether oxygens (including phenoxy) is 2. The number of nitrogens with zero attached hydrogens (tertiary/aromatic N) is 1. The summed E-state index contributed by atoms with van der Waals surface area (Å²) in [5, 5.41) is 0.927. The number of rotatable bonds is 7. The van der Waals surface area contributed by atoms with Crippen molar-refractivity contribution in [3.8, 4) is 21.9 Å². The van der Waals surface area contributed by atoms with Gasteiger partial charge in [0.1, 0.15) is 11.5 Å². The number of fused-ring (bicyclic) bond motifs is 1. The molecule has 2 aromatic heterocycles. The maximum Gasteiger partial charge on any atom is 0.226 e. The topological polar surface area (TPSA) is 38.8 Å². The second-order valence-electron chi connectivity index (χ2n) is 7.92. The van der Waals surface area contributed by atoms with Crippen LogP contribution in [0.3, 0.4) is 0 Å². The smallest absolute Gasteiger partial charge is 0.226 e. The first-order valence-corrected chi connectivity index (χ1v) is 13.0. The maximum atomic E-state index is 11.8. The lowest BCUT2D eigenvalue weighted by atomic mass is 10.1. The van der Waals surface area contributed by atoms with Crippen LogP contribution in [0.1, 0.15) is 14.5 Å². The molecule has 176 valence electrons. The minimum absolute atomic E-state index is 0.188. The summed E-state index contributed by atoms with van der Waals surface area (Å²) in [7, 11) is 3.33. The van der Waals surface area contributed by atoms with Crippen LogP contribution >= 0.6 is 35.3 Å². The third-order valence-corrected chi connectivity index (χ3v) is 8.76. The Morgan fingerprint density at radius 2 is 1.26 bits per heavy atom. The molecule has 0 N–H and O–H groups in total. The fourth-order valence-electron chi connectivity index (χ4n) is 4.07. The molecule has 0 spiro atoms. The Morgan fingerprint density at radius 1 is 0.771 bits per heavy atom. The number of anilines is 3. The molecule has 5 aromatic rings. The summed E-state index contributed by atoms with van der Waals surface area (Å²) in [6.45, 7) is 2.10. The summed E-state index contributed by atoms with van der Waals surface area (Å²) >= 11 is 7.28. The molecular weight excluding hydrogens is 495 g/mol. The summed E-state index contributed by atoms with van der Waals surface area (Å²) in [5.41, 5.74) is 4.20. The Labute approximate surface area is 217 Å². The molecule has 0 saturated heterocycles. The Morgan fingerprint density at radius 3 is 1.71 bits per heavy atom. The second-order valence-corrected chi connectivity index (χ2v) is 10.6. The number of benzene rings is 3. The van der Waals surface area contributed by atoms with Gasteiger partial charge in [-0.05, 0) is 79.2 Å². The van der Waals surface area contributed by atoms with Gasteiger partial charge in [0.15, 0.2) is 0 Å². The van der Waals surface area contributed by atoms with E-state index in [2.05, 4.69) is 48.7 Å². The normalized spacial score (nSPS) is 11.0. The summed E-state index contributed by atoms with van der Waals surface area (Å²) in [6, 6.07) is 26.5. The van der Waals surface area contributed by atoms with Crippen molar-refractivity contribution in [3.05, 3.63) is 88.6 Å². The van der Waals surface area contributed by atoms with E-state index in [0.717, 1.165) is 44.2 Å². The van der Waals surface area contributed by atoms with Crippen molar-refractivity contribution >= 4 is 67.6 Å². The van der Waals surface area contributed by atoms with Crippen molar-refractivity contribution in [3.63, 3.8) is 0 Å². The van der Waals surface area contributed by atoms with Gasteiger partial charge in [0.05, 0.1) is 19.1 Å². The standard InChI is InChI=1S/C28H23NO3S3/c1-17-26-24(16-25(35-26)28(30)33)27(34-17)18-4-6-19(7-5-18)29(20-8-12-22(31-2)13-9-20)21-10-14-23(32-3)15-11-21/h4-16H,1-3H3,(H,30,33). The van der Waals surface area contributed by atoms with Gasteiger partial charge in [0.2, 0.25) is 5.12 Å². The summed E-state index contributed by atoms with van der Waals surface area (Å²) in [6.07, 6.45) is 0. The molecule has 0 saturated carbocycles. The summed E-state index contributed by atoms with van der Waals surface area (Å²) in [5.74, 6) is 1.62. The average molecular weight is 518 g/mol. The van der Waals surface area contributed by atoms with E-state index in [1.807, 2.05) is 54.6 Å². The van der Waals surface area contributed by atoms with E-state index in [1.54, 1.807) is 25.6 Å². The van der Waals surface area contributed by atoms with Crippen LogP contribution in [0.2, 0.25) is 0 Å². The van der Waals surface area contributed by atoms with E-state index in [1.165, 1.54) is 21.1 Å². The molecule has 4 nitrogen and oxygen atoms in total. The number of carbonyl (C=O) groups excluding carboxylic acids is 1.